The van der Waals surface area contributed by atoms with E-state index in [1.54, 1.807) is 11.0 Å². The van der Waals surface area contributed by atoms with Crippen molar-refractivity contribution in [1.29, 1.82) is 0 Å². The monoisotopic (exact) mass is 461 g/mol. The molecule has 0 bridgehead atoms. The molecule has 1 saturated heterocycles. The molecule has 0 aliphatic carbocycles. The van der Waals surface area contributed by atoms with Crippen LogP contribution < -0.4 is 15.4 Å². The van der Waals surface area contributed by atoms with Crippen molar-refractivity contribution in [1.82, 2.24) is 15.5 Å². The van der Waals surface area contributed by atoms with Gasteiger partial charge in [-0.2, -0.15) is 0 Å². The Morgan fingerprint density at radius 2 is 2.00 bits per heavy atom. The second kappa shape index (κ2) is 13.5. The minimum atomic E-state index is -0.815. The molecule has 174 valence electrons. The number of nitrogens with one attached hydrogen (secondary N) is 2. The molecule has 9 heteroatoms. The summed E-state index contributed by atoms with van der Waals surface area (Å²) in [5, 5.41) is 5.44. The Morgan fingerprint density at radius 1 is 1.25 bits per heavy atom. The maximum absolute atomic E-state index is 12.3. The van der Waals surface area contributed by atoms with Crippen LogP contribution in [-0.4, -0.2) is 60.1 Å². The van der Waals surface area contributed by atoms with Gasteiger partial charge >= 0.3 is 5.97 Å². The number of rotatable bonds is 10. The molecule has 1 aromatic carbocycles. The number of carbonyl (C=O) groups is 3. The van der Waals surface area contributed by atoms with Crippen molar-refractivity contribution >= 4 is 41.2 Å². The number of thiocarbonyl (C=S) groups is 1. The summed E-state index contributed by atoms with van der Waals surface area (Å²) in [6.07, 6.45) is 5.68. The van der Waals surface area contributed by atoms with Gasteiger partial charge in [0.2, 0.25) is 11.8 Å². The highest BCUT2D eigenvalue weighted by molar-refractivity contribution is 7.80. The molecule has 1 aliphatic rings. The van der Waals surface area contributed by atoms with Crippen molar-refractivity contribution in [2.45, 2.75) is 45.6 Å². The summed E-state index contributed by atoms with van der Waals surface area (Å²) in [7, 11) is 0. The van der Waals surface area contributed by atoms with E-state index in [4.69, 9.17) is 21.7 Å². The van der Waals surface area contributed by atoms with Crippen LogP contribution in [0, 0.1) is 0 Å². The molecule has 1 aromatic rings. The van der Waals surface area contributed by atoms with Crippen LogP contribution in [0.3, 0.4) is 0 Å². The predicted octanol–water partition coefficient (Wildman–Crippen LogP) is 2.42. The summed E-state index contributed by atoms with van der Waals surface area (Å²) in [5.74, 6) is -0.440. The zero-order chi connectivity index (χ0) is 23.3. The number of esters is 1. The third kappa shape index (κ3) is 8.30. The number of carbonyl (C=O) groups excluding carboxylic acids is 3. The molecule has 1 heterocycles. The largest absolute Gasteiger partial charge is 0.494 e. The van der Waals surface area contributed by atoms with E-state index in [2.05, 4.69) is 17.6 Å². The summed E-state index contributed by atoms with van der Waals surface area (Å²) in [4.78, 5) is 38.4. The van der Waals surface area contributed by atoms with Gasteiger partial charge in [0, 0.05) is 19.2 Å². The zero-order valence-electron chi connectivity index (χ0n) is 18.6. The normalized spacial score (nSPS) is 15.9. The highest BCUT2D eigenvalue weighted by Gasteiger charge is 2.34. The number of unbranched alkanes of at least 4 members (excludes halogenated alkanes) is 2. The van der Waals surface area contributed by atoms with Gasteiger partial charge in [-0.25, -0.2) is 0 Å². The zero-order valence-corrected chi connectivity index (χ0v) is 19.4. The second-order valence-electron chi connectivity index (χ2n) is 7.26. The van der Waals surface area contributed by atoms with Gasteiger partial charge in [-0.3, -0.25) is 19.7 Å². The van der Waals surface area contributed by atoms with Crippen LogP contribution in [0.1, 0.15) is 45.1 Å². The predicted molar refractivity (Wildman–Crippen MR) is 126 cm³/mol. The lowest BCUT2D eigenvalue weighted by Gasteiger charge is -2.36. The minimum Gasteiger partial charge on any atom is -0.494 e. The fourth-order valence-electron chi connectivity index (χ4n) is 3.15. The van der Waals surface area contributed by atoms with E-state index in [-0.39, 0.29) is 17.4 Å². The van der Waals surface area contributed by atoms with Gasteiger partial charge in [-0.15, -0.1) is 0 Å². The molecule has 0 radical (unpaired) electrons. The summed E-state index contributed by atoms with van der Waals surface area (Å²) in [6, 6.07) is 6.51. The van der Waals surface area contributed by atoms with E-state index in [1.165, 1.54) is 6.08 Å². The van der Waals surface area contributed by atoms with Gasteiger partial charge in [0.05, 0.1) is 19.6 Å². The Bertz CT molecular complexity index is 825. The maximum Gasteiger partial charge on any atom is 0.308 e. The van der Waals surface area contributed by atoms with Crippen molar-refractivity contribution < 1.29 is 23.9 Å². The summed E-state index contributed by atoms with van der Waals surface area (Å²) in [5.41, 5.74) is 0.829. The molecule has 2 amide bonds. The molecule has 1 aliphatic heterocycles. The first-order valence-corrected chi connectivity index (χ1v) is 11.3. The summed E-state index contributed by atoms with van der Waals surface area (Å²) < 4.78 is 10.6. The van der Waals surface area contributed by atoms with Gasteiger partial charge in [-0.05, 0) is 49.3 Å². The quantitative estimate of drug-likeness (QED) is 0.239. The lowest BCUT2D eigenvalue weighted by molar-refractivity contribution is -0.147. The minimum absolute atomic E-state index is 0.102. The number of ether oxygens (including phenoxy) is 2. The molecule has 2 rings (SSSR count). The molecule has 1 unspecified atom stereocenters. The molecule has 32 heavy (non-hydrogen) atoms. The first kappa shape index (κ1) is 25.3. The third-order valence-corrected chi connectivity index (χ3v) is 5.15. The maximum atomic E-state index is 12.3. The van der Waals surface area contributed by atoms with E-state index >= 15 is 0 Å². The molecule has 0 aromatic heterocycles. The summed E-state index contributed by atoms with van der Waals surface area (Å²) in [6.45, 7) is 5.66. The van der Waals surface area contributed by atoms with Crippen LogP contribution >= 0.6 is 12.2 Å². The molecule has 1 fully saturated rings. The van der Waals surface area contributed by atoms with E-state index < -0.39 is 17.9 Å². The fraction of sp³-hybridized carbons (Fsp3) is 0.478. The Morgan fingerprint density at radius 3 is 2.69 bits per heavy atom. The van der Waals surface area contributed by atoms with Crippen LogP contribution in [0.15, 0.2) is 30.3 Å². The number of amides is 2. The number of benzene rings is 1. The molecule has 0 saturated carbocycles. The highest BCUT2D eigenvalue weighted by atomic mass is 32.1. The first-order valence-electron chi connectivity index (χ1n) is 10.9. The number of nitrogens with zero attached hydrogens (tertiary/aromatic N) is 1. The smallest absolute Gasteiger partial charge is 0.308 e. The van der Waals surface area contributed by atoms with Gasteiger partial charge in [0.15, 0.2) is 5.11 Å². The van der Waals surface area contributed by atoms with Crippen LogP contribution in [0.25, 0.3) is 6.08 Å². The Labute approximate surface area is 194 Å². The SMILES string of the molecule is CCCCCOC(=O)CC1C(=O)NCCN1C(=S)NC(=O)/C=C/c1ccc(OCC)cc1. The van der Waals surface area contributed by atoms with Crippen molar-refractivity contribution in [2.75, 3.05) is 26.3 Å². The van der Waals surface area contributed by atoms with Crippen LogP contribution in [-0.2, 0) is 19.1 Å². The lowest BCUT2D eigenvalue weighted by atomic mass is 10.1. The van der Waals surface area contributed by atoms with Crippen LogP contribution in [0.5, 0.6) is 5.75 Å². The molecule has 1 atom stereocenters. The van der Waals surface area contributed by atoms with E-state index in [9.17, 15) is 14.4 Å². The molecule has 2 N–H and O–H groups in total. The number of piperazine rings is 1. The third-order valence-electron chi connectivity index (χ3n) is 4.81. The van der Waals surface area contributed by atoms with Gasteiger partial charge < -0.3 is 19.7 Å². The van der Waals surface area contributed by atoms with E-state index in [0.29, 0.717) is 26.3 Å². The number of hydrogen-bond donors (Lipinski definition) is 2. The Kier molecular flexibility index (Phi) is 10.7. The molecular formula is C23H31N3O5S. The number of hydrogen-bond acceptors (Lipinski definition) is 6. The van der Waals surface area contributed by atoms with Crippen molar-refractivity contribution in [3.05, 3.63) is 35.9 Å². The van der Waals surface area contributed by atoms with Crippen LogP contribution in [0.2, 0.25) is 0 Å². The van der Waals surface area contributed by atoms with Crippen molar-refractivity contribution in [3.8, 4) is 5.75 Å². The topological polar surface area (TPSA) is 97.0 Å². The fourth-order valence-corrected chi connectivity index (χ4v) is 3.47. The average molecular weight is 462 g/mol. The molecular weight excluding hydrogens is 430 g/mol. The highest BCUT2D eigenvalue weighted by Crippen LogP contribution is 2.13. The van der Waals surface area contributed by atoms with Gasteiger partial charge in [0.1, 0.15) is 11.8 Å². The summed E-state index contributed by atoms with van der Waals surface area (Å²) >= 11 is 5.34. The standard InChI is InChI=1S/C23H31N3O5S/c1-3-5-6-15-31-21(28)16-19-22(29)24-13-14-26(19)23(32)25-20(27)12-9-17-7-10-18(11-8-17)30-4-2/h7-12,19H,3-6,13-16H2,1-2H3,(H,24,29)(H,25,27,32)/b12-9+. The van der Waals surface area contributed by atoms with Gasteiger partial charge in [-0.1, -0.05) is 31.9 Å². The lowest BCUT2D eigenvalue weighted by Crippen LogP contribution is -2.60. The van der Waals surface area contributed by atoms with E-state index in [0.717, 1.165) is 30.6 Å². The van der Waals surface area contributed by atoms with Crippen LogP contribution in [0.4, 0.5) is 0 Å². The molecule has 0 spiro atoms. The van der Waals surface area contributed by atoms with Crippen molar-refractivity contribution in [2.24, 2.45) is 0 Å². The second-order valence-corrected chi connectivity index (χ2v) is 7.65. The molecule has 8 nitrogen and oxygen atoms in total. The van der Waals surface area contributed by atoms with E-state index in [1.807, 2.05) is 31.2 Å². The van der Waals surface area contributed by atoms with Gasteiger partial charge in [0.25, 0.3) is 0 Å². The van der Waals surface area contributed by atoms with Crippen molar-refractivity contribution in [3.63, 3.8) is 0 Å². The Hall–Kier alpha value is -2.94. The first-order chi connectivity index (χ1) is 15.4. The Balaban J connectivity index is 1.91. The average Bonchev–Trinajstić information content (AvgIpc) is 2.78.